The van der Waals surface area contributed by atoms with Crippen molar-refractivity contribution in [2.75, 3.05) is 5.32 Å². The first-order valence-corrected chi connectivity index (χ1v) is 6.99. The highest BCUT2D eigenvalue weighted by Gasteiger charge is 2.09. The van der Waals surface area contributed by atoms with E-state index >= 15 is 0 Å². The van der Waals surface area contributed by atoms with E-state index < -0.39 is 0 Å². The molecule has 1 aromatic carbocycles. The molecule has 2 rings (SSSR count). The molecule has 2 aromatic rings. The monoisotopic (exact) mass is 299 g/mol. The maximum Gasteiger partial charge on any atom is 0.257 e. The number of nitrogens with zero attached hydrogens (tertiary/aromatic N) is 1. The number of carbonyl (C=O) groups is 1. The molecule has 0 bridgehead atoms. The highest BCUT2D eigenvalue weighted by molar-refractivity contribution is 7.80. The summed E-state index contributed by atoms with van der Waals surface area (Å²) in [7, 11) is 0. The minimum atomic E-state index is -0.233. The average Bonchev–Trinajstić information content (AvgIpc) is 2.41. The molecule has 2 N–H and O–H groups in total. The summed E-state index contributed by atoms with van der Waals surface area (Å²) in [5.74, 6) is 0.378. The number of pyridine rings is 1. The number of hydrogen-bond acceptors (Lipinski definition) is 3. The van der Waals surface area contributed by atoms with E-state index in [9.17, 15) is 4.79 Å². The predicted octanol–water partition coefficient (Wildman–Crippen LogP) is 3.13. The Hall–Kier alpha value is -2.27. The fraction of sp³-hybridized carbons (Fsp3) is 0.188. The van der Waals surface area contributed by atoms with Crippen molar-refractivity contribution in [2.45, 2.75) is 20.8 Å². The van der Waals surface area contributed by atoms with Gasteiger partial charge < -0.3 is 5.32 Å². The van der Waals surface area contributed by atoms with Crippen molar-refractivity contribution in [2.24, 2.45) is 0 Å². The van der Waals surface area contributed by atoms with Crippen molar-refractivity contribution in [3.05, 3.63) is 58.8 Å². The Morgan fingerprint density at radius 3 is 2.52 bits per heavy atom. The van der Waals surface area contributed by atoms with Gasteiger partial charge in [-0.2, -0.15) is 0 Å². The molecule has 0 fully saturated rings. The Labute approximate surface area is 129 Å². The van der Waals surface area contributed by atoms with E-state index in [4.69, 9.17) is 12.2 Å². The van der Waals surface area contributed by atoms with Gasteiger partial charge in [0.25, 0.3) is 5.91 Å². The smallest absolute Gasteiger partial charge is 0.257 e. The quantitative estimate of drug-likeness (QED) is 0.837. The van der Waals surface area contributed by atoms with Crippen LogP contribution in [0.3, 0.4) is 0 Å². The van der Waals surface area contributed by atoms with Gasteiger partial charge in [-0.3, -0.25) is 10.1 Å². The average molecular weight is 299 g/mol. The number of rotatable bonds is 2. The van der Waals surface area contributed by atoms with Crippen LogP contribution in [0.1, 0.15) is 27.0 Å². The van der Waals surface area contributed by atoms with Crippen LogP contribution < -0.4 is 10.6 Å². The van der Waals surface area contributed by atoms with Gasteiger partial charge in [-0.05, 0) is 73.9 Å². The lowest BCUT2D eigenvalue weighted by atomic mass is 10.1. The van der Waals surface area contributed by atoms with E-state index in [0.29, 0.717) is 11.4 Å². The Kier molecular flexibility index (Phi) is 4.65. The van der Waals surface area contributed by atoms with Crippen molar-refractivity contribution in [1.29, 1.82) is 0 Å². The fourth-order valence-corrected chi connectivity index (χ4v) is 2.01. The van der Waals surface area contributed by atoms with Crippen LogP contribution in [-0.2, 0) is 0 Å². The Morgan fingerprint density at radius 2 is 1.86 bits per heavy atom. The molecule has 0 spiro atoms. The first-order chi connectivity index (χ1) is 9.95. The molecule has 0 aliphatic rings. The first-order valence-electron chi connectivity index (χ1n) is 6.58. The van der Waals surface area contributed by atoms with Crippen molar-refractivity contribution in [1.82, 2.24) is 10.3 Å². The van der Waals surface area contributed by atoms with Crippen molar-refractivity contribution in [3.63, 3.8) is 0 Å². The SMILES string of the molecule is Cc1ccnc(NC(=S)NC(=O)c2ccc(C)c(C)c2)c1. The van der Waals surface area contributed by atoms with Gasteiger partial charge in [0.1, 0.15) is 5.82 Å². The van der Waals surface area contributed by atoms with Crippen LogP contribution in [0.25, 0.3) is 0 Å². The second-order valence-electron chi connectivity index (χ2n) is 4.93. The van der Waals surface area contributed by atoms with E-state index in [1.165, 1.54) is 0 Å². The van der Waals surface area contributed by atoms with Crippen LogP contribution in [0.2, 0.25) is 0 Å². The van der Waals surface area contributed by atoms with Crippen LogP contribution in [0, 0.1) is 20.8 Å². The minimum Gasteiger partial charge on any atom is -0.317 e. The van der Waals surface area contributed by atoms with Gasteiger partial charge in [0.2, 0.25) is 0 Å². The van der Waals surface area contributed by atoms with Crippen molar-refractivity contribution in [3.8, 4) is 0 Å². The molecule has 0 saturated carbocycles. The minimum absolute atomic E-state index is 0.233. The zero-order chi connectivity index (χ0) is 15.4. The molecule has 0 aliphatic heterocycles. The molecule has 0 aliphatic carbocycles. The lowest BCUT2D eigenvalue weighted by Gasteiger charge is -2.10. The standard InChI is InChI=1S/C16H17N3OS/c1-10-6-7-17-14(8-10)18-16(21)19-15(20)13-5-4-11(2)12(3)9-13/h4-9H,1-3H3,(H2,17,18,19,20,21). The normalized spacial score (nSPS) is 10.0. The molecule has 0 radical (unpaired) electrons. The number of aryl methyl sites for hydroxylation is 3. The van der Waals surface area contributed by atoms with Crippen molar-refractivity contribution < 1.29 is 4.79 Å². The summed E-state index contributed by atoms with van der Waals surface area (Å²) < 4.78 is 0. The molecule has 0 atom stereocenters. The molecule has 0 unspecified atom stereocenters. The number of hydrogen-bond donors (Lipinski definition) is 2. The molecule has 1 aromatic heterocycles. The van der Waals surface area contributed by atoms with Crippen molar-refractivity contribution >= 4 is 29.1 Å². The lowest BCUT2D eigenvalue weighted by molar-refractivity contribution is 0.0977. The molecule has 5 heteroatoms. The zero-order valence-electron chi connectivity index (χ0n) is 12.2. The third kappa shape index (κ3) is 4.10. The summed E-state index contributed by atoms with van der Waals surface area (Å²) in [5, 5.41) is 5.78. The van der Waals surface area contributed by atoms with Gasteiger partial charge >= 0.3 is 0 Å². The third-order valence-corrected chi connectivity index (χ3v) is 3.36. The van der Waals surface area contributed by atoms with Crippen LogP contribution >= 0.6 is 12.2 Å². The van der Waals surface area contributed by atoms with Crippen LogP contribution in [-0.4, -0.2) is 16.0 Å². The highest BCUT2D eigenvalue weighted by atomic mass is 32.1. The highest BCUT2D eigenvalue weighted by Crippen LogP contribution is 2.10. The van der Waals surface area contributed by atoms with Gasteiger partial charge in [0, 0.05) is 11.8 Å². The van der Waals surface area contributed by atoms with Gasteiger partial charge in [-0.1, -0.05) is 6.07 Å². The number of nitrogens with one attached hydrogen (secondary N) is 2. The second-order valence-corrected chi connectivity index (χ2v) is 5.33. The second kappa shape index (κ2) is 6.45. The maximum absolute atomic E-state index is 12.1. The molecule has 1 heterocycles. The van der Waals surface area contributed by atoms with Crippen LogP contribution in [0.15, 0.2) is 36.5 Å². The molecule has 108 valence electrons. The van der Waals surface area contributed by atoms with E-state index in [0.717, 1.165) is 16.7 Å². The van der Waals surface area contributed by atoms with E-state index in [2.05, 4.69) is 15.6 Å². The molecular weight excluding hydrogens is 282 g/mol. The van der Waals surface area contributed by atoms with Gasteiger partial charge in [0.15, 0.2) is 5.11 Å². The number of carbonyl (C=O) groups excluding carboxylic acids is 1. The number of aromatic nitrogens is 1. The number of anilines is 1. The number of amides is 1. The van der Waals surface area contributed by atoms with E-state index in [1.54, 1.807) is 12.3 Å². The largest absolute Gasteiger partial charge is 0.317 e. The Morgan fingerprint density at radius 1 is 1.10 bits per heavy atom. The van der Waals surface area contributed by atoms with E-state index in [1.807, 2.05) is 45.0 Å². The topological polar surface area (TPSA) is 54.0 Å². The summed E-state index contributed by atoms with van der Waals surface area (Å²) in [6.45, 7) is 5.94. The third-order valence-electron chi connectivity index (χ3n) is 3.15. The predicted molar refractivity (Wildman–Crippen MR) is 88.6 cm³/mol. The maximum atomic E-state index is 12.1. The van der Waals surface area contributed by atoms with Gasteiger partial charge in [0.05, 0.1) is 0 Å². The molecule has 0 saturated heterocycles. The molecule has 4 nitrogen and oxygen atoms in total. The lowest BCUT2D eigenvalue weighted by Crippen LogP contribution is -2.34. The van der Waals surface area contributed by atoms with E-state index in [-0.39, 0.29) is 11.0 Å². The first kappa shape index (κ1) is 15.1. The summed E-state index contributed by atoms with van der Waals surface area (Å²) in [6.07, 6.45) is 1.69. The van der Waals surface area contributed by atoms with Crippen LogP contribution in [0.5, 0.6) is 0 Å². The molecule has 21 heavy (non-hydrogen) atoms. The summed E-state index contributed by atoms with van der Waals surface area (Å²) in [6, 6.07) is 9.29. The molecular formula is C16H17N3OS. The Balaban J connectivity index is 2.02. The fourth-order valence-electron chi connectivity index (χ4n) is 1.81. The Bertz CT molecular complexity index is 698. The van der Waals surface area contributed by atoms with Crippen LogP contribution in [0.4, 0.5) is 5.82 Å². The summed E-state index contributed by atoms with van der Waals surface area (Å²) in [4.78, 5) is 16.3. The number of thiocarbonyl (C=S) groups is 1. The molecule has 1 amide bonds. The summed E-state index contributed by atoms with van der Waals surface area (Å²) >= 11 is 5.13. The van der Waals surface area contributed by atoms with Gasteiger partial charge in [-0.25, -0.2) is 4.98 Å². The van der Waals surface area contributed by atoms with Gasteiger partial charge in [-0.15, -0.1) is 0 Å². The number of benzene rings is 1. The summed E-state index contributed by atoms with van der Waals surface area (Å²) in [5.41, 5.74) is 3.87. The zero-order valence-corrected chi connectivity index (χ0v) is 13.0.